The van der Waals surface area contributed by atoms with Crippen molar-refractivity contribution in [3.63, 3.8) is 0 Å². The molecule has 2 aromatic rings. The monoisotopic (exact) mass is 363 g/mol. The Kier molecular flexibility index (Phi) is 6.11. The van der Waals surface area contributed by atoms with Crippen LogP contribution in [0.5, 0.6) is 5.75 Å². The number of nitrogens with one attached hydrogen (secondary N) is 2. The molecule has 1 atom stereocenters. The van der Waals surface area contributed by atoms with Gasteiger partial charge in [-0.2, -0.15) is 4.72 Å². The number of hydrogen-bond donors (Lipinski definition) is 2. The minimum atomic E-state index is -3.90. The second-order valence-corrected chi connectivity index (χ2v) is 7.26. The predicted octanol–water partition coefficient (Wildman–Crippen LogP) is 1.38. The highest BCUT2D eigenvalue weighted by molar-refractivity contribution is 7.89. The molecule has 134 valence electrons. The van der Waals surface area contributed by atoms with Crippen LogP contribution in [0.1, 0.15) is 18.1 Å². The largest absolute Gasteiger partial charge is 0.495 e. The van der Waals surface area contributed by atoms with E-state index in [9.17, 15) is 13.2 Å². The van der Waals surface area contributed by atoms with Gasteiger partial charge in [-0.05, 0) is 43.2 Å². The van der Waals surface area contributed by atoms with Crippen molar-refractivity contribution >= 4 is 15.9 Å². The summed E-state index contributed by atoms with van der Waals surface area (Å²) in [6.45, 7) is 3.54. The molecule has 0 aliphatic heterocycles. The molecule has 1 aromatic carbocycles. The number of carbonyl (C=O) groups excluding carboxylic acids is 1. The average molecular weight is 363 g/mol. The van der Waals surface area contributed by atoms with Crippen LogP contribution in [0.15, 0.2) is 47.6 Å². The lowest BCUT2D eigenvalue weighted by atomic mass is 10.2. The first-order valence-corrected chi connectivity index (χ1v) is 9.15. The standard InChI is InChI=1S/C17H21N3O4S/c1-12-6-7-15(24-3)16(9-12)25(22,23)20-13(2)17(21)19-11-14-5-4-8-18-10-14/h4-10,13,20H,11H2,1-3H3,(H,19,21)/t13-/m0/s1. The summed E-state index contributed by atoms with van der Waals surface area (Å²) in [5, 5.41) is 2.68. The van der Waals surface area contributed by atoms with E-state index in [0.717, 1.165) is 11.1 Å². The number of methoxy groups -OCH3 is 1. The molecule has 0 saturated heterocycles. The van der Waals surface area contributed by atoms with Gasteiger partial charge in [-0.3, -0.25) is 9.78 Å². The predicted molar refractivity (Wildman–Crippen MR) is 93.6 cm³/mol. The maximum Gasteiger partial charge on any atom is 0.244 e. The topological polar surface area (TPSA) is 97.4 Å². The van der Waals surface area contributed by atoms with E-state index in [1.54, 1.807) is 37.5 Å². The van der Waals surface area contributed by atoms with Crippen LogP contribution in [0.2, 0.25) is 0 Å². The molecule has 2 N–H and O–H groups in total. The number of benzene rings is 1. The van der Waals surface area contributed by atoms with E-state index in [2.05, 4.69) is 15.0 Å². The number of pyridine rings is 1. The molecular formula is C17H21N3O4S. The van der Waals surface area contributed by atoms with Crippen molar-refractivity contribution in [3.05, 3.63) is 53.9 Å². The summed E-state index contributed by atoms with van der Waals surface area (Å²) in [7, 11) is -2.50. The molecule has 0 aliphatic rings. The second-order valence-electron chi connectivity index (χ2n) is 5.58. The van der Waals surface area contributed by atoms with E-state index in [1.807, 2.05) is 6.07 Å². The van der Waals surface area contributed by atoms with Crippen molar-refractivity contribution < 1.29 is 17.9 Å². The third-order valence-corrected chi connectivity index (χ3v) is 5.09. The third kappa shape index (κ3) is 5.01. The molecule has 0 aliphatic carbocycles. The number of hydrogen-bond acceptors (Lipinski definition) is 5. The summed E-state index contributed by atoms with van der Waals surface area (Å²) in [4.78, 5) is 16.1. The van der Waals surface area contributed by atoms with E-state index >= 15 is 0 Å². The minimum absolute atomic E-state index is 0.00177. The molecule has 0 radical (unpaired) electrons. The Morgan fingerprint density at radius 2 is 2.08 bits per heavy atom. The molecule has 7 nitrogen and oxygen atoms in total. The van der Waals surface area contributed by atoms with Gasteiger partial charge in [0.15, 0.2) is 0 Å². The number of nitrogens with zero attached hydrogens (tertiary/aromatic N) is 1. The lowest BCUT2D eigenvalue weighted by Crippen LogP contribution is -2.44. The van der Waals surface area contributed by atoms with Crippen LogP contribution in [0.25, 0.3) is 0 Å². The number of aromatic nitrogens is 1. The Morgan fingerprint density at radius 1 is 1.32 bits per heavy atom. The summed E-state index contributed by atoms with van der Waals surface area (Å²) >= 11 is 0. The maximum absolute atomic E-state index is 12.6. The number of sulfonamides is 1. The van der Waals surface area contributed by atoms with E-state index in [0.29, 0.717) is 0 Å². The van der Waals surface area contributed by atoms with Gasteiger partial charge < -0.3 is 10.1 Å². The average Bonchev–Trinajstić information content (AvgIpc) is 2.60. The van der Waals surface area contributed by atoms with Crippen LogP contribution < -0.4 is 14.8 Å². The Bertz CT molecular complexity index is 838. The number of aryl methyl sites for hydroxylation is 1. The molecule has 1 aromatic heterocycles. The summed E-state index contributed by atoms with van der Waals surface area (Å²) in [6, 6.07) is 7.48. The van der Waals surface area contributed by atoms with Gasteiger partial charge in [0.2, 0.25) is 15.9 Å². The van der Waals surface area contributed by atoms with Crippen LogP contribution in [0.3, 0.4) is 0 Å². The molecule has 0 unspecified atom stereocenters. The van der Waals surface area contributed by atoms with E-state index < -0.39 is 22.0 Å². The first-order chi connectivity index (χ1) is 11.8. The molecule has 0 spiro atoms. The fourth-order valence-corrected chi connectivity index (χ4v) is 3.65. The van der Waals surface area contributed by atoms with Gasteiger partial charge in [0.1, 0.15) is 10.6 Å². The van der Waals surface area contributed by atoms with Gasteiger partial charge in [-0.1, -0.05) is 12.1 Å². The quantitative estimate of drug-likeness (QED) is 0.775. The molecule has 2 rings (SSSR count). The highest BCUT2D eigenvalue weighted by atomic mass is 32.2. The van der Waals surface area contributed by atoms with Gasteiger partial charge in [0.05, 0.1) is 13.2 Å². The van der Waals surface area contributed by atoms with Crippen molar-refractivity contribution in [1.29, 1.82) is 0 Å². The van der Waals surface area contributed by atoms with E-state index in [-0.39, 0.29) is 17.2 Å². The normalized spacial score (nSPS) is 12.4. The van der Waals surface area contributed by atoms with Gasteiger partial charge in [0.25, 0.3) is 0 Å². The van der Waals surface area contributed by atoms with Crippen LogP contribution in [0, 0.1) is 6.92 Å². The summed E-state index contributed by atoms with van der Waals surface area (Å²) < 4.78 is 32.6. The number of carbonyl (C=O) groups is 1. The molecule has 1 heterocycles. The van der Waals surface area contributed by atoms with Crippen molar-refractivity contribution in [2.75, 3.05) is 7.11 Å². The van der Waals surface area contributed by atoms with Crippen molar-refractivity contribution in [3.8, 4) is 5.75 Å². The Hall–Kier alpha value is -2.45. The SMILES string of the molecule is COc1ccc(C)cc1S(=O)(=O)N[C@@H](C)C(=O)NCc1cccnc1. The molecule has 0 fully saturated rings. The van der Waals surface area contributed by atoms with Gasteiger partial charge in [-0.15, -0.1) is 0 Å². The zero-order valence-corrected chi connectivity index (χ0v) is 15.1. The third-order valence-electron chi connectivity index (χ3n) is 3.52. The van der Waals surface area contributed by atoms with E-state index in [4.69, 9.17) is 4.74 Å². The van der Waals surface area contributed by atoms with E-state index in [1.165, 1.54) is 20.1 Å². The first-order valence-electron chi connectivity index (χ1n) is 7.67. The van der Waals surface area contributed by atoms with Crippen molar-refractivity contribution in [1.82, 2.24) is 15.0 Å². The molecule has 8 heteroatoms. The highest BCUT2D eigenvalue weighted by Crippen LogP contribution is 2.24. The van der Waals surface area contributed by atoms with Crippen molar-refractivity contribution in [2.24, 2.45) is 0 Å². The second kappa shape index (κ2) is 8.09. The summed E-state index contributed by atoms with van der Waals surface area (Å²) in [6.07, 6.45) is 3.27. The molecule has 0 saturated carbocycles. The smallest absolute Gasteiger partial charge is 0.244 e. The zero-order valence-electron chi connectivity index (χ0n) is 14.3. The summed E-state index contributed by atoms with van der Waals surface area (Å²) in [5.41, 5.74) is 1.60. The molecule has 0 bridgehead atoms. The zero-order chi connectivity index (χ0) is 18.4. The van der Waals surface area contributed by atoms with Crippen LogP contribution in [-0.2, 0) is 21.4 Å². The Balaban J connectivity index is 2.06. The van der Waals surface area contributed by atoms with Crippen LogP contribution in [0.4, 0.5) is 0 Å². The maximum atomic E-state index is 12.6. The molecule has 25 heavy (non-hydrogen) atoms. The fraction of sp³-hybridized carbons (Fsp3) is 0.294. The Morgan fingerprint density at radius 3 is 2.72 bits per heavy atom. The lowest BCUT2D eigenvalue weighted by molar-refractivity contribution is -0.122. The van der Waals surface area contributed by atoms with Crippen molar-refractivity contribution in [2.45, 2.75) is 31.3 Å². The van der Waals surface area contributed by atoms with Gasteiger partial charge in [0, 0.05) is 18.9 Å². The Labute approximate surface area is 147 Å². The number of amides is 1. The molecular weight excluding hydrogens is 342 g/mol. The minimum Gasteiger partial charge on any atom is -0.495 e. The lowest BCUT2D eigenvalue weighted by Gasteiger charge is -2.16. The van der Waals surface area contributed by atoms with Gasteiger partial charge >= 0.3 is 0 Å². The van der Waals surface area contributed by atoms with Gasteiger partial charge in [-0.25, -0.2) is 8.42 Å². The first kappa shape index (κ1) is 18.9. The summed E-state index contributed by atoms with van der Waals surface area (Å²) in [5.74, 6) is -0.208. The van der Waals surface area contributed by atoms with Crippen LogP contribution in [-0.4, -0.2) is 32.5 Å². The fourth-order valence-electron chi connectivity index (χ4n) is 2.19. The highest BCUT2D eigenvalue weighted by Gasteiger charge is 2.25. The van der Waals surface area contributed by atoms with Crippen LogP contribution >= 0.6 is 0 Å². The number of rotatable bonds is 7. The molecule has 1 amide bonds. The number of ether oxygens (including phenoxy) is 1.